The maximum Gasteiger partial charge on any atom is 0.337 e. The Bertz CT molecular complexity index is 1300. The van der Waals surface area contributed by atoms with Gasteiger partial charge in [0.15, 0.2) is 6.10 Å². The quantitative estimate of drug-likeness (QED) is 0.227. The number of ether oxygens (including phenoxy) is 1. The average Bonchev–Trinajstić information content (AvgIpc) is 3.49. The molecular weight excluding hydrogens is 628 g/mol. The number of carbonyl (C=O) groups is 5. The van der Waals surface area contributed by atoms with Gasteiger partial charge in [0.1, 0.15) is 23.8 Å². The van der Waals surface area contributed by atoms with Crippen molar-refractivity contribution in [3.8, 4) is 0 Å². The molecule has 49 heavy (non-hydrogen) atoms. The van der Waals surface area contributed by atoms with Crippen LogP contribution in [0.1, 0.15) is 122 Å². The molecule has 1 saturated heterocycles. The lowest BCUT2D eigenvalue weighted by Crippen LogP contribution is -2.63. The summed E-state index contributed by atoms with van der Waals surface area (Å²) >= 11 is 0. The zero-order chi connectivity index (χ0) is 35.7. The van der Waals surface area contributed by atoms with Crippen LogP contribution in [-0.4, -0.2) is 92.5 Å². The van der Waals surface area contributed by atoms with Crippen LogP contribution in [0, 0.1) is 17.3 Å². The fourth-order valence-electron chi connectivity index (χ4n) is 7.83. The molecule has 1 aliphatic heterocycles. The highest BCUT2D eigenvalue weighted by molar-refractivity contribution is 5.98. The van der Waals surface area contributed by atoms with Gasteiger partial charge in [0.05, 0.1) is 18.8 Å². The van der Waals surface area contributed by atoms with Crippen LogP contribution in [0.3, 0.4) is 0 Å². The van der Waals surface area contributed by atoms with E-state index in [1.165, 1.54) is 18.6 Å². The Hall–Kier alpha value is -3.61. The van der Waals surface area contributed by atoms with Crippen molar-refractivity contribution in [3.05, 3.63) is 24.3 Å². The monoisotopic (exact) mass is 684 g/mol. The molecule has 4 unspecified atom stereocenters. The Morgan fingerprint density at radius 3 is 2.29 bits per heavy atom. The number of fused-ring (bicyclic) bond motifs is 1. The zero-order valence-corrected chi connectivity index (χ0v) is 29.8. The lowest BCUT2D eigenvalue weighted by atomic mass is 9.81. The Balaban J connectivity index is 1.60. The van der Waals surface area contributed by atoms with Crippen molar-refractivity contribution >= 4 is 29.6 Å². The largest absolute Gasteiger partial charge is 0.464 e. The van der Waals surface area contributed by atoms with Crippen molar-refractivity contribution in [1.29, 1.82) is 0 Å². The second-order valence-corrected chi connectivity index (χ2v) is 15.0. The highest BCUT2D eigenvalue weighted by Gasteiger charge is 2.51. The van der Waals surface area contributed by atoms with Gasteiger partial charge in [0.2, 0.25) is 17.7 Å². The molecule has 4 rings (SSSR count). The van der Waals surface area contributed by atoms with Crippen molar-refractivity contribution in [2.75, 3.05) is 6.61 Å². The van der Waals surface area contributed by atoms with Gasteiger partial charge in [0.25, 0.3) is 5.91 Å². The van der Waals surface area contributed by atoms with Gasteiger partial charge in [-0.25, -0.2) is 9.78 Å². The number of carbonyl (C=O) groups excluding carboxylic acids is 5. The van der Waals surface area contributed by atoms with Crippen LogP contribution in [-0.2, 0) is 23.9 Å². The topological polar surface area (TPSA) is 180 Å². The van der Waals surface area contributed by atoms with E-state index in [2.05, 4.69) is 25.9 Å². The molecule has 0 radical (unpaired) electrons. The Morgan fingerprint density at radius 2 is 1.65 bits per heavy atom. The van der Waals surface area contributed by atoms with E-state index in [4.69, 9.17) is 4.74 Å². The van der Waals surface area contributed by atoms with Crippen LogP contribution < -0.4 is 16.0 Å². The third-order valence-corrected chi connectivity index (χ3v) is 10.4. The van der Waals surface area contributed by atoms with Gasteiger partial charge in [-0.15, -0.1) is 0 Å². The second kappa shape index (κ2) is 17.4. The van der Waals surface area contributed by atoms with E-state index in [1.807, 2.05) is 27.7 Å². The number of aromatic nitrogens is 2. The van der Waals surface area contributed by atoms with Crippen LogP contribution >= 0.6 is 0 Å². The first-order valence-corrected chi connectivity index (χ1v) is 18.2. The highest BCUT2D eigenvalue weighted by Crippen LogP contribution is 2.41. The number of aliphatic hydroxyl groups excluding tert-OH is 1. The lowest BCUT2D eigenvalue weighted by Gasteiger charge is -2.40. The van der Waals surface area contributed by atoms with Gasteiger partial charge >= 0.3 is 5.97 Å². The van der Waals surface area contributed by atoms with Gasteiger partial charge in [-0.05, 0) is 62.7 Å². The summed E-state index contributed by atoms with van der Waals surface area (Å²) < 4.78 is 5.01. The number of hydrogen-bond donors (Lipinski definition) is 4. The van der Waals surface area contributed by atoms with Crippen LogP contribution in [0.4, 0.5) is 0 Å². The number of esters is 1. The van der Waals surface area contributed by atoms with E-state index in [0.29, 0.717) is 19.3 Å². The molecule has 0 aromatic carbocycles. The molecule has 0 spiro atoms. The summed E-state index contributed by atoms with van der Waals surface area (Å²) in [6.45, 7) is 9.27. The zero-order valence-electron chi connectivity index (χ0n) is 29.8. The summed E-state index contributed by atoms with van der Waals surface area (Å²) in [6.07, 6.45) is 12.1. The summed E-state index contributed by atoms with van der Waals surface area (Å²) in [6, 6.07) is -3.76. The Labute approximate surface area is 290 Å². The van der Waals surface area contributed by atoms with Crippen molar-refractivity contribution in [2.45, 2.75) is 148 Å². The first-order valence-electron chi connectivity index (χ1n) is 18.2. The van der Waals surface area contributed by atoms with E-state index in [0.717, 1.165) is 57.8 Å². The van der Waals surface area contributed by atoms with E-state index < -0.39 is 59.4 Å². The predicted octanol–water partition coefficient (Wildman–Crippen LogP) is 3.05. The fourth-order valence-corrected chi connectivity index (χ4v) is 7.83. The number of hydrogen-bond acceptors (Lipinski definition) is 9. The van der Waals surface area contributed by atoms with Gasteiger partial charge < -0.3 is 30.7 Å². The molecule has 3 fully saturated rings. The molecule has 4 N–H and O–H groups in total. The molecule has 13 heteroatoms. The predicted molar refractivity (Wildman–Crippen MR) is 182 cm³/mol. The second-order valence-electron chi connectivity index (χ2n) is 15.0. The van der Waals surface area contributed by atoms with Gasteiger partial charge in [0, 0.05) is 18.4 Å². The standard InChI is InChI=1S/C36H56N6O7/c1-6-13-24(29(43)35(48)49-7-2)39-32(45)27-20-23-16-11-12-17-26(23)42(27)34(47)30(36(3,4)5)41-33(46)28(22-14-9-8-10-15-22)40-31(44)25-21-37-18-19-38-25/h18-19,21-24,26-30,43H,6-17,20H2,1-5H3,(H,39,45)(H,40,44)(H,41,46)/t23?,24-,26?,27?,28-,29?,30+/m0/s1. The lowest BCUT2D eigenvalue weighted by molar-refractivity contribution is -0.155. The number of nitrogens with zero attached hydrogens (tertiary/aromatic N) is 3. The third-order valence-electron chi connectivity index (χ3n) is 10.4. The molecular formula is C36H56N6O7. The first-order chi connectivity index (χ1) is 23.4. The molecule has 2 aliphatic carbocycles. The first kappa shape index (κ1) is 38.2. The third kappa shape index (κ3) is 9.55. The van der Waals surface area contributed by atoms with Crippen LogP contribution in [0.2, 0.25) is 0 Å². The summed E-state index contributed by atoms with van der Waals surface area (Å²) in [4.78, 5) is 78.4. The molecule has 3 aliphatic rings. The number of rotatable bonds is 13. The molecule has 2 saturated carbocycles. The van der Waals surface area contributed by atoms with E-state index in [-0.39, 0.29) is 36.1 Å². The van der Waals surface area contributed by atoms with E-state index in [1.54, 1.807) is 11.8 Å². The van der Waals surface area contributed by atoms with Crippen molar-refractivity contribution in [2.24, 2.45) is 17.3 Å². The molecule has 1 aromatic heterocycles. The average molecular weight is 685 g/mol. The summed E-state index contributed by atoms with van der Waals surface area (Å²) in [5.41, 5.74) is -0.638. The molecule has 4 amide bonds. The van der Waals surface area contributed by atoms with E-state index in [9.17, 15) is 29.1 Å². The normalized spacial score (nSPS) is 23.7. The molecule has 0 bridgehead atoms. The summed E-state index contributed by atoms with van der Waals surface area (Å²) in [7, 11) is 0. The van der Waals surface area contributed by atoms with E-state index >= 15 is 0 Å². The van der Waals surface area contributed by atoms with Crippen molar-refractivity contribution in [1.82, 2.24) is 30.8 Å². The van der Waals surface area contributed by atoms with Gasteiger partial charge in [-0.3, -0.25) is 24.2 Å². The molecule has 1 aromatic rings. The number of nitrogens with one attached hydrogen (secondary N) is 3. The Kier molecular flexibility index (Phi) is 13.5. The fraction of sp³-hybridized carbons (Fsp3) is 0.750. The Morgan fingerprint density at radius 1 is 0.959 bits per heavy atom. The maximum atomic E-state index is 14.8. The van der Waals surface area contributed by atoms with Crippen LogP contribution in [0.15, 0.2) is 18.6 Å². The molecule has 13 nitrogen and oxygen atoms in total. The minimum atomic E-state index is -1.54. The maximum absolute atomic E-state index is 14.8. The molecule has 2 heterocycles. The molecule has 7 atom stereocenters. The molecule has 272 valence electrons. The smallest absolute Gasteiger partial charge is 0.337 e. The number of amides is 4. The summed E-state index contributed by atoms with van der Waals surface area (Å²) in [5.74, 6) is -2.53. The van der Waals surface area contributed by atoms with Crippen LogP contribution in [0.25, 0.3) is 0 Å². The highest BCUT2D eigenvalue weighted by atomic mass is 16.5. The van der Waals surface area contributed by atoms with Gasteiger partial charge in [-0.1, -0.05) is 66.2 Å². The summed E-state index contributed by atoms with van der Waals surface area (Å²) in [5, 5.41) is 19.6. The number of likely N-dealkylation sites (tertiary alicyclic amines) is 1. The minimum absolute atomic E-state index is 0.0997. The van der Waals surface area contributed by atoms with Crippen LogP contribution in [0.5, 0.6) is 0 Å². The minimum Gasteiger partial charge on any atom is -0.464 e. The van der Waals surface area contributed by atoms with Crippen molar-refractivity contribution in [3.63, 3.8) is 0 Å². The SMILES string of the molecule is CCC[C@H](NC(=O)C1CC2CCCCC2N1C(=O)[C@@H](NC(=O)[C@@H](NC(=O)c1cnccn1)C1CCCCC1)C(C)(C)C)C(O)C(=O)OCC. The number of aliphatic hydroxyl groups is 1. The van der Waals surface area contributed by atoms with Gasteiger partial charge in [-0.2, -0.15) is 0 Å². The van der Waals surface area contributed by atoms with Crippen molar-refractivity contribution < 1.29 is 33.8 Å².